The predicted molar refractivity (Wildman–Crippen MR) is 103 cm³/mol. The summed E-state index contributed by atoms with van der Waals surface area (Å²) >= 11 is 0. The van der Waals surface area contributed by atoms with Crippen molar-refractivity contribution in [2.45, 2.75) is 30.8 Å². The Morgan fingerprint density at radius 3 is 2.96 bits per heavy atom. The molecule has 0 saturated carbocycles. The van der Waals surface area contributed by atoms with Crippen LogP contribution in [0, 0.1) is 0 Å². The number of carbonyl (C=O) groups excluding carboxylic acids is 1. The van der Waals surface area contributed by atoms with E-state index in [2.05, 4.69) is 20.6 Å². The first kappa shape index (κ1) is 18.9. The van der Waals surface area contributed by atoms with Crippen molar-refractivity contribution in [3.05, 3.63) is 53.3 Å². The molecular weight excluding hydrogens is 361 g/mol. The highest BCUT2D eigenvalue weighted by atomic mass is 19.1. The minimum absolute atomic E-state index is 0.00359. The molecule has 7 nitrogen and oxygen atoms in total. The second-order valence-electron chi connectivity index (χ2n) is 7.53. The molecule has 8 heteroatoms. The van der Waals surface area contributed by atoms with Gasteiger partial charge in [-0.3, -0.25) is 9.58 Å². The highest BCUT2D eigenvalue weighted by Crippen LogP contribution is 2.33. The molecule has 1 aliphatic carbocycles. The normalized spacial score (nSPS) is 27.4. The zero-order valence-corrected chi connectivity index (χ0v) is 16.1. The second kappa shape index (κ2) is 7.89. The van der Waals surface area contributed by atoms with Crippen molar-refractivity contribution in [3.8, 4) is 0 Å². The molecular formula is C20H26FN5O2. The van der Waals surface area contributed by atoms with E-state index < -0.39 is 12.2 Å². The summed E-state index contributed by atoms with van der Waals surface area (Å²) in [6.07, 6.45) is 2.81. The van der Waals surface area contributed by atoms with E-state index in [1.807, 2.05) is 50.8 Å². The number of halogens is 1. The first-order valence-electron chi connectivity index (χ1n) is 9.59. The second-order valence-corrected chi connectivity index (χ2v) is 7.53. The zero-order valence-electron chi connectivity index (χ0n) is 16.1. The number of urea groups is 1. The third-order valence-electron chi connectivity index (χ3n) is 5.59. The average Bonchev–Trinajstić information content (AvgIpc) is 3.23. The van der Waals surface area contributed by atoms with Gasteiger partial charge in [0.1, 0.15) is 6.17 Å². The summed E-state index contributed by atoms with van der Waals surface area (Å²) in [6, 6.07) is 6.55. The van der Waals surface area contributed by atoms with Crippen LogP contribution >= 0.6 is 0 Å². The van der Waals surface area contributed by atoms with E-state index in [1.54, 1.807) is 4.68 Å². The number of likely N-dealkylation sites (N-methyl/N-ethyl adjacent to an activating group) is 1. The van der Waals surface area contributed by atoms with Gasteiger partial charge in [-0.05, 0) is 18.2 Å². The monoisotopic (exact) mass is 387 g/mol. The van der Waals surface area contributed by atoms with Gasteiger partial charge < -0.3 is 15.4 Å². The van der Waals surface area contributed by atoms with Crippen LogP contribution in [-0.4, -0.2) is 59.7 Å². The Morgan fingerprint density at radius 1 is 1.36 bits per heavy atom. The molecule has 4 atom stereocenters. The van der Waals surface area contributed by atoms with Crippen LogP contribution in [0.4, 0.5) is 9.18 Å². The van der Waals surface area contributed by atoms with Crippen LogP contribution < -0.4 is 10.6 Å². The maximum atomic E-state index is 14.4. The van der Waals surface area contributed by atoms with Crippen LogP contribution in [0.15, 0.2) is 36.7 Å². The molecule has 2 N–H and O–H groups in total. The highest BCUT2D eigenvalue weighted by Gasteiger charge is 2.35. The van der Waals surface area contributed by atoms with Crippen LogP contribution in [0.25, 0.3) is 0 Å². The van der Waals surface area contributed by atoms with Crippen LogP contribution in [0.2, 0.25) is 0 Å². The molecule has 0 unspecified atom stereocenters. The molecule has 2 amide bonds. The third kappa shape index (κ3) is 3.74. The topological polar surface area (TPSA) is 71.4 Å². The van der Waals surface area contributed by atoms with Gasteiger partial charge in [0.2, 0.25) is 0 Å². The highest BCUT2D eigenvalue weighted by molar-refractivity contribution is 5.74. The maximum Gasteiger partial charge on any atom is 0.315 e. The molecule has 0 radical (unpaired) electrons. The Labute approximate surface area is 163 Å². The summed E-state index contributed by atoms with van der Waals surface area (Å²) < 4.78 is 22.1. The number of alkyl halides is 1. The number of carbonyl (C=O) groups is 1. The van der Waals surface area contributed by atoms with E-state index in [0.717, 1.165) is 23.2 Å². The van der Waals surface area contributed by atoms with E-state index >= 15 is 0 Å². The lowest BCUT2D eigenvalue weighted by molar-refractivity contribution is -0.0602. The molecule has 0 bridgehead atoms. The van der Waals surface area contributed by atoms with E-state index in [-0.39, 0.29) is 18.2 Å². The van der Waals surface area contributed by atoms with Gasteiger partial charge in [-0.15, -0.1) is 0 Å². The summed E-state index contributed by atoms with van der Waals surface area (Å²) in [6.45, 7) is 1.75. The van der Waals surface area contributed by atoms with Gasteiger partial charge in [0, 0.05) is 38.3 Å². The van der Waals surface area contributed by atoms with Crippen molar-refractivity contribution in [2.75, 3.05) is 26.7 Å². The number of aromatic nitrogens is 2. The standard InChI is InChI=1S/C20H26FN5O2/c1-25-7-8-28-17(19(25)14-10-23-26(2)12-14)11-22-20(27)24-18-15-6-4-3-5-13(15)9-16(18)21/h3-6,10,12,16-19H,7-9,11H2,1-2H3,(H2,22,24,27)/t16-,17+,18+,19+/m1/s1. The van der Waals surface area contributed by atoms with E-state index in [9.17, 15) is 9.18 Å². The molecule has 28 heavy (non-hydrogen) atoms. The number of morpholine rings is 1. The summed E-state index contributed by atoms with van der Waals surface area (Å²) in [5.41, 5.74) is 2.85. The van der Waals surface area contributed by atoms with E-state index in [4.69, 9.17) is 4.74 Å². The maximum absolute atomic E-state index is 14.4. The number of benzene rings is 1. The molecule has 4 rings (SSSR count). The van der Waals surface area contributed by atoms with E-state index in [1.165, 1.54) is 0 Å². The number of fused-ring (bicyclic) bond motifs is 1. The van der Waals surface area contributed by atoms with Gasteiger partial charge in [-0.25, -0.2) is 9.18 Å². The average molecular weight is 387 g/mol. The molecule has 2 heterocycles. The fourth-order valence-corrected chi connectivity index (χ4v) is 4.19. The quantitative estimate of drug-likeness (QED) is 0.838. The Hall–Kier alpha value is -2.45. The first-order chi connectivity index (χ1) is 13.5. The number of aryl methyl sites for hydroxylation is 1. The van der Waals surface area contributed by atoms with Crippen molar-refractivity contribution in [1.29, 1.82) is 0 Å². The number of rotatable bonds is 4. The van der Waals surface area contributed by atoms with Crippen LogP contribution in [0.5, 0.6) is 0 Å². The van der Waals surface area contributed by atoms with E-state index in [0.29, 0.717) is 19.6 Å². The van der Waals surface area contributed by atoms with Gasteiger partial charge in [-0.2, -0.15) is 5.10 Å². The molecule has 2 aromatic rings. The zero-order chi connectivity index (χ0) is 19.7. The van der Waals surface area contributed by atoms with Crippen LogP contribution in [0.3, 0.4) is 0 Å². The molecule has 1 saturated heterocycles. The van der Waals surface area contributed by atoms with Gasteiger partial charge in [0.25, 0.3) is 0 Å². The number of hydrogen-bond donors (Lipinski definition) is 2. The molecule has 1 aromatic carbocycles. The fraction of sp³-hybridized carbons (Fsp3) is 0.500. The largest absolute Gasteiger partial charge is 0.373 e. The molecule has 2 aliphatic rings. The minimum Gasteiger partial charge on any atom is -0.373 e. The molecule has 1 fully saturated rings. The lowest BCUT2D eigenvalue weighted by Crippen LogP contribution is -2.50. The fourth-order valence-electron chi connectivity index (χ4n) is 4.19. The lowest BCUT2D eigenvalue weighted by Gasteiger charge is -2.38. The number of ether oxygens (including phenoxy) is 1. The predicted octanol–water partition coefficient (Wildman–Crippen LogP) is 1.73. The smallest absolute Gasteiger partial charge is 0.315 e. The van der Waals surface area contributed by atoms with Gasteiger partial charge in [-0.1, -0.05) is 24.3 Å². The molecule has 1 aliphatic heterocycles. The number of nitrogens with zero attached hydrogens (tertiary/aromatic N) is 3. The molecule has 0 spiro atoms. The van der Waals surface area contributed by atoms with Crippen LogP contribution in [-0.2, 0) is 18.2 Å². The van der Waals surface area contributed by atoms with Crippen molar-refractivity contribution in [3.63, 3.8) is 0 Å². The Kier molecular flexibility index (Phi) is 5.32. The summed E-state index contributed by atoms with van der Waals surface area (Å²) in [7, 11) is 3.91. The third-order valence-corrected chi connectivity index (χ3v) is 5.59. The summed E-state index contributed by atoms with van der Waals surface area (Å²) in [5.74, 6) is 0. The van der Waals surface area contributed by atoms with Gasteiger partial charge in [0.15, 0.2) is 0 Å². The van der Waals surface area contributed by atoms with Crippen molar-refractivity contribution >= 4 is 6.03 Å². The number of amides is 2. The van der Waals surface area contributed by atoms with Gasteiger partial charge in [0.05, 0.1) is 31.0 Å². The van der Waals surface area contributed by atoms with Crippen molar-refractivity contribution < 1.29 is 13.9 Å². The summed E-state index contributed by atoms with van der Waals surface area (Å²) in [5, 5.41) is 9.89. The first-order valence-corrected chi connectivity index (χ1v) is 9.59. The Bertz CT molecular complexity index is 842. The Balaban J connectivity index is 1.38. The number of hydrogen-bond acceptors (Lipinski definition) is 4. The van der Waals surface area contributed by atoms with Crippen LogP contribution in [0.1, 0.15) is 28.8 Å². The number of nitrogens with one attached hydrogen (secondary N) is 2. The minimum atomic E-state index is -1.11. The van der Waals surface area contributed by atoms with Gasteiger partial charge >= 0.3 is 6.03 Å². The lowest BCUT2D eigenvalue weighted by atomic mass is 10.0. The SMILES string of the molecule is CN1CCO[C@@H](CNC(=O)N[C@H]2c3ccccc3C[C@H]2F)[C@@H]1c1cnn(C)c1. The molecule has 1 aromatic heterocycles. The van der Waals surface area contributed by atoms with Crippen molar-refractivity contribution in [2.24, 2.45) is 7.05 Å². The summed E-state index contributed by atoms with van der Waals surface area (Å²) in [4.78, 5) is 14.7. The Morgan fingerprint density at radius 2 is 2.18 bits per heavy atom. The molecule has 150 valence electrons. The van der Waals surface area contributed by atoms with Crippen molar-refractivity contribution in [1.82, 2.24) is 25.3 Å².